The van der Waals surface area contributed by atoms with Crippen LogP contribution in [0.1, 0.15) is 10.5 Å². The third-order valence-corrected chi connectivity index (χ3v) is 2.61. The van der Waals surface area contributed by atoms with Gasteiger partial charge in [-0.3, -0.25) is 4.79 Å². The average Bonchev–Trinajstić information content (AvgIpc) is 2.61. The van der Waals surface area contributed by atoms with Crippen LogP contribution in [0.2, 0.25) is 0 Å². The summed E-state index contributed by atoms with van der Waals surface area (Å²) in [6.07, 6.45) is 0.713. The summed E-state index contributed by atoms with van der Waals surface area (Å²) in [5.41, 5.74) is 2.02. The van der Waals surface area contributed by atoms with E-state index in [4.69, 9.17) is 0 Å². The smallest absolute Gasteiger partial charge is 0.172 e. The molecular weight excluding hydrogens is 258 g/mol. The van der Waals surface area contributed by atoms with E-state index in [1.54, 1.807) is 11.7 Å². The first-order valence-electron chi connectivity index (χ1n) is 4.33. The molecule has 2 rings (SSSR count). The van der Waals surface area contributed by atoms with Gasteiger partial charge in [-0.1, -0.05) is 33.3 Å². The normalized spacial score (nSPS) is 10.3. The van der Waals surface area contributed by atoms with Crippen molar-refractivity contribution >= 4 is 22.2 Å². The molecule has 0 bridgehead atoms. The van der Waals surface area contributed by atoms with Crippen molar-refractivity contribution in [3.63, 3.8) is 0 Å². The van der Waals surface area contributed by atoms with Gasteiger partial charge in [0.2, 0.25) is 0 Å². The minimum absolute atomic E-state index is 0.361. The van der Waals surface area contributed by atoms with Gasteiger partial charge in [0.1, 0.15) is 0 Å². The maximum absolute atomic E-state index is 10.8. The highest BCUT2D eigenvalue weighted by atomic mass is 79.9. The standard InChI is InChI=1S/C10H8BrN3O/c1-14-10(9(6-15)12-13-14)7-2-4-8(11)5-3-7/h2-6H,1H3. The minimum atomic E-state index is 0.361. The van der Waals surface area contributed by atoms with Crippen molar-refractivity contribution < 1.29 is 4.79 Å². The molecule has 0 saturated carbocycles. The van der Waals surface area contributed by atoms with Crippen LogP contribution in [0, 0.1) is 0 Å². The molecule has 1 aromatic carbocycles. The van der Waals surface area contributed by atoms with Gasteiger partial charge < -0.3 is 0 Å². The van der Waals surface area contributed by atoms with Gasteiger partial charge in [0.05, 0.1) is 5.69 Å². The zero-order valence-electron chi connectivity index (χ0n) is 8.01. The van der Waals surface area contributed by atoms with Gasteiger partial charge in [-0.25, -0.2) is 4.68 Å². The van der Waals surface area contributed by atoms with Crippen molar-refractivity contribution in [2.75, 3.05) is 0 Å². The number of carbonyl (C=O) groups excluding carboxylic acids is 1. The molecule has 0 unspecified atom stereocenters. The lowest BCUT2D eigenvalue weighted by atomic mass is 10.1. The number of carbonyl (C=O) groups is 1. The molecule has 0 aliphatic heterocycles. The number of aromatic nitrogens is 3. The number of rotatable bonds is 2. The number of halogens is 1. The summed E-state index contributed by atoms with van der Waals surface area (Å²) in [6.45, 7) is 0. The summed E-state index contributed by atoms with van der Waals surface area (Å²) in [4.78, 5) is 10.8. The largest absolute Gasteiger partial charge is 0.296 e. The number of nitrogens with zero attached hydrogens (tertiary/aromatic N) is 3. The molecule has 0 fully saturated rings. The highest BCUT2D eigenvalue weighted by Crippen LogP contribution is 2.22. The second-order valence-corrected chi connectivity index (χ2v) is 3.99. The molecule has 0 amide bonds. The van der Waals surface area contributed by atoms with E-state index in [0.717, 1.165) is 15.7 Å². The minimum Gasteiger partial charge on any atom is -0.296 e. The van der Waals surface area contributed by atoms with Crippen LogP contribution in [0.15, 0.2) is 28.7 Å². The van der Waals surface area contributed by atoms with E-state index in [0.29, 0.717) is 12.0 Å². The van der Waals surface area contributed by atoms with E-state index < -0.39 is 0 Å². The molecule has 0 spiro atoms. The fourth-order valence-electron chi connectivity index (χ4n) is 1.39. The molecule has 0 atom stereocenters. The first-order valence-corrected chi connectivity index (χ1v) is 5.12. The van der Waals surface area contributed by atoms with Gasteiger partial charge in [0.25, 0.3) is 0 Å². The molecule has 5 heteroatoms. The van der Waals surface area contributed by atoms with Crippen molar-refractivity contribution in [1.29, 1.82) is 0 Å². The molecule has 0 radical (unpaired) electrons. The second-order valence-electron chi connectivity index (χ2n) is 3.07. The predicted octanol–water partition coefficient (Wildman–Crippen LogP) is 2.06. The van der Waals surface area contributed by atoms with Crippen LogP contribution in [0.3, 0.4) is 0 Å². The van der Waals surface area contributed by atoms with Gasteiger partial charge in [-0.2, -0.15) is 0 Å². The van der Waals surface area contributed by atoms with Crippen LogP contribution in [0.25, 0.3) is 11.3 Å². The molecule has 0 saturated heterocycles. The third-order valence-electron chi connectivity index (χ3n) is 2.08. The topological polar surface area (TPSA) is 47.8 Å². The number of aldehydes is 1. The first kappa shape index (κ1) is 10.0. The lowest BCUT2D eigenvalue weighted by Crippen LogP contribution is -1.95. The fraction of sp³-hybridized carbons (Fsp3) is 0.100. The summed E-state index contributed by atoms with van der Waals surface area (Å²) in [5, 5.41) is 7.58. The number of hydrogen-bond acceptors (Lipinski definition) is 3. The van der Waals surface area contributed by atoms with Crippen molar-refractivity contribution in [2.45, 2.75) is 0 Å². The van der Waals surface area contributed by atoms with E-state index in [-0.39, 0.29) is 0 Å². The number of benzene rings is 1. The Morgan fingerprint density at radius 1 is 1.33 bits per heavy atom. The summed E-state index contributed by atoms with van der Waals surface area (Å²) >= 11 is 3.36. The lowest BCUT2D eigenvalue weighted by molar-refractivity contribution is 0.111. The molecule has 0 aliphatic carbocycles. The number of aryl methyl sites for hydroxylation is 1. The maximum atomic E-state index is 10.8. The summed E-state index contributed by atoms with van der Waals surface area (Å²) in [7, 11) is 1.76. The molecule has 76 valence electrons. The van der Waals surface area contributed by atoms with Gasteiger partial charge in [0, 0.05) is 17.1 Å². The van der Waals surface area contributed by atoms with E-state index in [9.17, 15) is 4.79 Å². The van der Waals surface area contributed by atoms with Crippen molar-refractivity contribution in [2.24, 2.45) is 7.05 Å². The van der Waals surface area contributed by atoms with E-state index in [1.165, 1.54) is 0 Å². The zero-order chi connectivity index (χ0) is 10.8. The third kappa shape index (κ3) is 1.83. The molecule has 0 N–H and O–H groups in total. The van der Waals surface area contributed by atoms with Crippen LogP contribution < -0.4 is 0 Å². The Morgan fingerprint density at radius 2 is 2.00 bits per heavy atom. The summed E-state index contributed by atoms with van der Waals surface area (Å²) in [6, 6.07) is 7.65. The second kappa shape index (κ2) is 3.94. The van der Waals surface area contributed by atoms with Crippen LogP contribution >= 0.6 is 15.9 Å². The molecule has 2 aromatic rings. The van der Waals surface area contributed by atoms with Gasteiger partial charge in [-0.15, -0.1) is 5.10 Å². The van der Waals surface area contributed by atoms with Gasteiger partial charge in [0.15, 0.2) is 12.0 Å². The Hall–Kier alpha value is -1.49. The quantitative estimate of drug-likeness (QED) is 0.781. The summed E-state index contributed by atoms with van der Waals surface area (Å²) < 4.78 is 2.58. The first-order chi connectivity index (χ1) is 7.22. The van der Waals surface area contributed by atoms with Crippen LogP contribution in [0.5, 0.6) is 0 Å². The Morgan fingerprint density at radius 3 is 2.60 bits per heavy atom. The molecule has 1 heterocycles. The van der Waals surface area contributed by atoms with Crippen LogP contribution in [-0.2, 0) is 7.05 Å². The monoisotopic (exact) mass is 265 g/mol. The van der Waals surface area contributed by atoms with Gasteiger partial charge in [-0.05, 0) is 12.1 Å². The van der Waals surface area contributed by atoms with Crippen molar-refractivity contribution in [3.8, 4) is 11.3 Å². The van der Waals surface area contributed by atoms with E-state index in [2.05, 4.69) is 26.2 Å². The molecule has 15 heavy (non-hydrogen) atoms. The van der Waals surface area contributed by atoms with Gasteiger partial charge >= 0.3 is 0 Å². The Balaban J connectivity index is 2.57. The maximum Gasteiger partial charge on any atom is 0.172 e. The highest BCUT2D eigenvalue weighted by molar-refractivity contribution is 9.10. The van der Waals surface area contributed by atoms with E-state index >= 15 is 0 Å². The molecule has 0 aliphatic rings. The average molecular weight is 266 g/mol. The Bertz CT molecular complexity index is 490. The molecule has 4 nitrogen and oxygen atoms in total. The zero-order valence-corrected chi connectivity index (χ0v) is 9.60. The van der Waals surface area contributed by atoms with Crippen molar-refractivity contribution in [1.82, 2.24) is 15.0 Å². The fourth-order valence-corrected chi connectivity index (χ4v) is 1.66. The highest BCUT2D eigenvalue weighted by Gasteiger charge is 2.11. The SMILES string of the molecule is Cn1nnc(C=O)c1-c1ccc(Br)cc1. The van der Waals surface area contributed by atoms with Crippen LogP contribution in [0.4, 0.5) is 0 Å². The Kier molecular flexibility index (Phi) is 2.64. The lowest BCUT2D eigenvalue weighted by Gasteiger charge is -2.01. The number of hydrogen-bond donors (Lipinski definition) is 0. The predicted molar refractivity (Wildman–Crippen MR) is 59.5 cm³/mol. The van der Waals surface area contributed by atoms with Crippen LogP contribution in [-0.4, -0.2) is 21.3 Å². The molecule has 1 aromatic heterocycles. The van der Waals surface area contributed by atoms with Crippen molar-refractivity contribution in [3.05, 3.63) is 34.4 Å². The summed E-state index contributed by atoms with van der Waals surface area (Å²) in [5.74, 6) is 0. The Labute approximate surface area is 95.0 Å². The van der Waals surface area contributed by atoms with E-state index in [1.807, 2.05) is 24.3 Å². The molecular formula is C10H8BrN3O.